The number of benzene rings is 4. The molecule has 0 unspecified atom stereocenters. The predicted molar refractivity (Wildman–Crippen MR) is 104 cm³/mol. The third-order valence-electron chi connectivity index (χ3n) is 4.90. The zero-order valence-corrected chi connectivity index (χ0v) is 13.8. The van der Waals surface area contributed by atoms with Gasteiger partial charge in [0.25, 0.3) is 0 Å². The number of fused-ring (bicyclic) bond motifs is 8. The van der Waals surface area contributed by atoms with Gasteiger partial charge in [0.1, 0.15) is 22.3 Å². The first-order valence-electron chi connectivity index (χ1n) is 8.14. The normalized spacial score (nSPS) is 12.2. The van der Waals surface area contributed by atoms with Gasteiger partial charge in [-0.3, -0.25) is 0 Å². The van der Waals surface area contributed by atoms with Crippen molar-refractivity contribution in [2.24, 2.45) is 0 Å². The molecule has 0 radical (unpaired) electrons. The van der Waals surface area contributed by atoms with Crippen LogP contribution in [0.15, 0.2) is 75.6 Å². The molecule has 2 aromatic heterocycles. The van der Waals surface area contributed by atoms with Crippen LogP contribution in [0.1, 0.15) is 0 Å². The molecule has 0 spiro atoms. The van der Waals surface area contributed by atoms with Crippen LogP contribution >= 0.6 is 11.6 Å². The largest absolute Gasteiger partial charge is 0.456 e. The molecule has 6 rings (SSSR count). The highest BCUT2D eigenvalue weighted by Gasteiger charge is 2.16. The lowest BCUT2D eigenvalue weighted by atomic mass is 10.0. The van der Waals surface area contributed by atoms with E-state index in [9.17, 15) is 0 Å². The zero-order chi connectivity index (χ0) is 16.5. The van der Waals surface area contributed by atoms with Gasteiger partial charge >= 0.3 is 0 Å². The van der Waals surface area contributed by atoms with Gasteiger partial charge in [-0.2, -0.15) is 0 Å². The number of hydrogen-bond donors (Lipinski definition) is 0. The van der Waals surface area contributed by atoms with Crippen LogP contribution in [0.25, 0.3) is 54.6 Å². The van der Waals surface area contributed by atoms with Crippen LogP contribution in [0.5, 0.6) is 0 Å². The summed E-state index contributed by atoms with van der Waals surface area (Å²) in [5, 5.41) is 7.39. The highest BCUT2D eigenvalue weighted by atomic mass is 35.5. The summed E-state index contributed by atoms with van der Waals surface area (Å²) in [5.41, 5.74) is 3.41. The predicted octanol–water partition coefficient (Wildman–Crippen LogP) is 7.29. The fourth-order valence-corrected chi connectivity index (χ4v) is 3.95. The Bertz CT molecular complexity index is 1450. The van der Waals surface area contributed by atoms with Gasteiger partial charge in [-0.1, -0.05) is 35.9 Å². The molecular weight excluding hydrogens is 332 g/mol. The standard InChI is InChI=1S/C22H11ClO2/c23-14-5-6-15-20(11-14)25-17-7-8-18-22(21(15)17)16-9-12-3-1-2-4-13(12)10-19(16)24-18/h1-11H. The van der Waals surface area contributed by atoms with Crippen molar-refractivity contribution in [1.82, 2.24) is 0 Å². The highest BCUT2D eigenvalue weighted by molar-refractivity contribution is 6.32. The van der Waals surface area contributed by atoms with E-state index in [-0.39, 0.29) is 0 Å². The lowest BCUT2D eigenvalue weighted by Crippen LogP contribution is -1.73. The fourth-order valence-electron chi connectivity index (χ4n) is 3.79. The Balaban J connectivity index is 1.90. The molecule has 0 aliphatic carbocycles. The number of halogens is 1. The van der Waals surface area contributed by atoms with Crippen LogP contribution in [-0.2, 0) is 0 Å². The SMILES string of the molecule is Clc1ccc2c(c1)oc1ccc3oc4cc5ccccc5cc4c3c12. The molecule has 0 amide bonds. The maximum absolute atomic E-state index is 6.14. The molecule has 0 atom stereocenters. The van der Waals surface area contributed by atoms with E-state index < -0.39 is 0 Å². The van der Waals surface area contributed by atoms with E-state index in [1.54, 1.807) is 0 Å². The first-order chi connectivity index (χ1) is 12.3. The number of furan rings is 2. The Hall–Kier alpha value is -2.97. The van der Waals surface area contributed by atoms with Crippen LogP contribution in [0, 0.1) is 0 Å². The summed E-state index contributed by atoms with van der Waals surface area (Å²) < 4.78 is 12.2. The van der Waals surface area contributed by atoms with Gasteiger partial charge in [-0.25, -0.2) is 0 Å². The van der Waals surface area contributed by atoms with E-state index in [4.69, 9.17) is 20.4 Å². The van der Waals surface area contributed by atoms with E-state index in [1.807, 2.05) is 36.4 Å². The van der Waals surface area contributed by atoms with Gasteiger partial charge in [0.2, 0.25) is 0 Å². The average molecular weight is 343 g/mol. The summed E-state index contributed by atoms with van der Waals surface area (Å²) in [7, 11) is 0. The first-order valence-corrected chi connectivity index (χ1v) is 8.51. The van der Waals surface area contributed by atoms with Crippen molar-refractivity contribution in [3.05, 3.63) is 71.8 Å². The van der Waals surface area contributed by atoms with Crippen LogP contribution in [-0.4, -0.2) is 0 Å². The average Bonchev–Trinajstić information content (AvgIpc) is 3.16. The van der Waals surface area contributed by atoms with Crippen molar-refractivity contribution in [2.45, 2.75) is 0 Å². The lowest BCUT2D eigenvalue weighted by Gasteiger charge is -1.97. The Morgan fingerprint density at radius 2 is 1.20 bits per heavy atom. The minimum atomic E-state index is 0.672. The Kier molecular flexibility index (Phi) is 2.43. The van der Waals surface area contributed by atoms with E-state index in [0.29, 0.717) is 5.02 Å². The van der Waals surface area contributed by atoms with Gasteiger partial charge in [-0.05, 0) is 47.2 Å². The quantitative estimate of drug-likeness (QED) is 0.289. The lowest BCUT2D eigenvalue weighted by molar-refractivity contribution is 0.663. The van der Waals surface area contributed by atoms with Gasteiger partial charge in [0.05, 0.1) is 0 Å². The smallest absolute Gasteiger partial charge is 0.136 e. The maximum Gasteiger partial charge on any atom is 0.136 e. The topological polar surface area (TPSA) is 26.3 Å². The van der Waals surface area contributed by atoms with Crippen molar-refractivity contribution in [1.29, 1.82) is 0 Å². The van der Waals surface area contributed by atoms with Crippen molar-refractivity contribution >= 4 is 66.3 Å². The van der Waals surface area contributed by atoms with E-state index in [1.165, 1.54) is 10.8 Å². The summed E-state index contributed by atoms with van der Waals surface area (Å²) in [4.78, 5) is 0. The molecule has 0 bridgehead atoms. The number of hydrogen-bond acceptors (Lipinski definition) is 2. The molecule has 25 heavy (non-hydrogen) atoms. The summed E-state index contributed by atoms with van der Waals surface area (Å²) in [6.45, 7) is 0. The second-order valence-electron chi connectivity index (χ2n) is 6.35. The number of rotatable bonds is 0. The third kappa shape index (κ3) is 1.75. The fraction of sp³-hybridized carbons (Fsp3) is 0. The molecule has 0 N–H and O–H groups in total. The minimum Gasteiger partial charge on any atom is -0.456 e. The second kappa shape index (κ2) is 4.56. The third-order valence-corrected chi connectivity index (χ3v) is 5.13. The molecule has 0 aliphatic rings. The molecule has 2 heterocycles. The molecule has 0 fully saturated rings. The summed E-state index contributed by atoms with van der Waals surface area (Å²) in [6, 6.07) is 22.4. The van der Waals surface area contributed by atoms with Crippen molar-refractivity contribution < 1.29 is 8.83 Å². The molecule has 3 heteroatoms. The van der Waals surface area contributed by atoms with Gasteiger partial charge < -0.3 is 8.83 Å². The molecular formula is C22H11ClO2. The Morgan fingerprint density at radius 3 is 1.96 bits per heavy atom. The monoisotopic (exact) mass is 342 g/mol. The summed E-state index contributed by atoms with van der Waals surface area (Å²) in [5.74, 6) is 0. The Morgan fingerprint density at radius 1 is 0.560 bits per heavy atom. The molecule has 6 aromatic rings. The molecule has 2 nitrogen and oxygen atoms in total. The minimum absolute atomic E-state index is 0.672. The molecule has 0 saturated carbocycles. The van der Waals surface area contributed by atoms with E-state index >= 15 is 0 Å². The van der Waals surface area contributed by atoms with Gasteiger partial charge in [0.15, 0.2) is 0 Å². The molecule has 0 saturated heterocycles. The van der Waals surface area contributed by atoms with Crippen LogP contribution in [0.2, 0.25) is 5.02 Å². The summed E-state index contributed by atoms with van der Waals surface area (Å²) >= 11 is 6.13. The molecule has 118 valence electrons. The van der Waals surface area contributed by atoms with Crippen LogP contribution in [0.4, 0.5) is 0 Å². The van der Waals surface area contributed by atoms with Gasteiger partial charge in [-0.15, -0.1) is 0 Å². The van der Waals surface area contributed by atoms with Gasteiger partial charge in [0, 0.05) is 32.6 Å². The van der Waals surface area contributed by atoms with E-state index in [0.717, 1.165) is 43.9 Å². The Labute approximate surface area is 147 Å². The summed E-state index contributed by atoms with van der Waals surface area (Å²) in [6.07, 6.45) is 0. The first kappa shape index (κ1) is 13.3. The van der Waals surface area contributed by atoms with Crippen LogP contribution in [0.3, 0.4) is 0 Å². The van der Waals surface area contributed by atoms with Crippen molar-refractivity contribution in [3.8, 4) is 0 Å². The van der Waals surface area contributed by atoms with E-state index in [2.05, 4.69) is 30.3 Å². The molecule has 0 aliphatic heterocycles. The van der Waals surface area contributed by atoms with Crippen molar-refractivity contribution in [2.75, 3.05) is 0 Å². The second-order valence-corrected chi connectivity index (χ2v) is 6.79. The van der Waals surface area contributed by atoms with Crippen molar-refractivity contribution in [3.63, 3.8) is 0 Å². The molecule has 4 aromatic carbocycles. The highest BCUT2D eigenvalue weighted by Crippen LogP contribution is 2.41. The maximum atomic E-state index is 6.14. The van der Waals surface area contributed by atoms with Crippen LogP contribution < -0.4 is 0 Å². The zero-order valence-electron chi connectivity index (χ0n) is 13.0.